The first kappa shape index (κ1) is 14.3. The molecule has 0 saturated heterocycles. The Morgan fingerprint density at radius 3 is 2.90 bits per heavy atom. The molecular weight excluding hydrogens is 284 g/mol. The maximum absolute atomic E-state index is 3.60. The van der Waals surface area contributed by atoms with Crippen LogP contribution in [0.4, 0.5) is 0 Å². The van der Waals surface area contributed by atoms with Gasteiger partial charge in [-0.15, -0.1) is 11.3 Å². The molecular formula is C16H22N2S2. The Kier molecular flexibility index (Phi) is 4.56. The summed E-state index contributed by atoms with van der Waals surface area (Å²) in [6, 6.07) is 5.40. The van der Waals surface area contributed by atoms with Crippen molar-refractivity contribution in [3.63, 3.8) is 0 Å². The van der Waals surface area contributed by atoms with Gasteiger partial charge in [0.25, 0.3) is 0 Å². The van der Waals surface area contributed by atoms with Crippen LogP contribution in [0.3, 0.4) is 0 Å². The van der Waals surface area contributed by atoms with E-state index in [0.29, 0.717) is 0 Å². The van der Waals surface area contributed by atoms with Gasteiger partial charge in [0.2, 0.25) is 0 Å². The number of aryl methyl sites for hydroxylation is 1. The van der Waals surface area contributed by atoms with Crippen LogP contribution in [0.15, 0.2) is 22.9 Å². The second kappa shape index (κ2) is 6.39. The molecule has 1 aliphatic rings. The number of nitrogens with zero attached hydrogens (tertiary/aromatic N) is 1. The first-order valence-electron chi connectivity index (χ1n) is 7.22. The van der Waals surface area contributed by atoms with Gasteiger partial charge < -0.3 is 5.32 Å². The lowest BCUT2D eigenvalue weighted by atomic mass is 10.2. The third-order valence-corrected chi connectivity index (χ3v) is 5.51. The minimum atomic E-state index is 0.794. The van der Waals surface area contributed by atoms with Crippen molar-refractivity contribution in [3.8, 4) is 0 Å². The van der Waals surface area contributed by atoms with Gasteiger partial charge in [-0.25, -0.2) is 0 Å². The molecule has 1 saturated carbocycles. The van der Waals surface area contributed by atoms with Gasteiger partial charge in [0.1, 0.15) is 0 Å². The largest absolute Gasteiger partial charge is 0.309 e. The van der Waals surface area contributed by atoms with Gasteiger partial charge in [-0.1, -0.05) is 0 Å². The normalized spacial score (nSPS) is 15.2. The smallest absolute Gasteiger partial charge is 0.0302 e. The highest BCUT2D eigenvalue weighted by atomic mass is 32.1. The summed E-state index contributed by atoms with van der Waals surface area (Å²) in [5, 5.41) is 7.99. The summed E-state index contributed by atoms with van der Waals surface area (Å²) >= 11 is 3.72. The Hall–Kier alpha value is -0.680. The number of rotatable bonds is 7. The van der Waals surface area contributed by atoms with Gasteiger partial charge >= 0.3 is 0 Å². The number of hydrogen-bond acceptors (Lipinski definition) is 4. The Morgan fingerprint density at radius 1 is 1.35 bits per heavy atom. The summed E-state index contributed by atoms with van der Waals surface area (Å²) in [7, 11) is 2.21. The first-order valence-corrected chi connectivity index (χ1v) is 8.98. The van der Waals surface area contributed by atoms with Crippen LogP contribution in [-0.4, -0.2) is 18.0 Å². The molecule has 0 amide bonds. The van der Waals surface area contributed by atoms with Crippen LogP contribution in [0.2, 0.25) is 0 Å². The fourth-order valence-electron chi connectivity index (χ4n) is 2.41. The average Bonchev–Trinajstić information content (AvgIpc) is 2.99. The lowest BCUT2D eigenvalue weighted by Crippen LogP contribution is -2.17. The first-order chi connectivity index (χ1) is 9.70. The predicted octanol–water partition coefficient (Wildman–Crippen LogP) is 4.00. The second-order valence-electron chi connectivity index (χ2n) is 5.75. The molecule has 2 heterocycles. The highest BCUT2D eigenvalue weighted by Gasteiger charge is 2.20. The average molecular weight is 306 g/mol. The minimum absolute atomic E-state index is 0.794. The van der Waals surface area contributed by atoms with E-state index >= 15 is 0 Å². The van der Waals surface area contributed by atoms with E-state index in [9.17, 15) is 0 Å². The standard InChI is InChI=1S/C16H22N2S2/c1-12-14(7-16(20-12)8-17-15-3-4-15)10-18(2)9-13-5-6-19-11-13/h5-7,11,15,17H,3-4,8-10H2,1-2H3. The predicted molar refractivity (Wildman–Crippen MR) is 88.4 cm³/mol. The number of thiophene rings is 2. The molecule has 3 rings (SSSR count). The molecule has 4 heteroatoms. The van der Waals surface area contributed by atoms with Gasteiger partial charge in [-0.05, 0) is 60.8 Å². The van der Waals surface area contributed by atoms with Gasteiger partial charge in [0.15, 0.2) is 0 Å². The lowest BCUT2D eigenvalue weighted by Gasteiger charge is -2.15. The number of hydrogen-bond donors (Lipinski definition) is 1. The van der Waals surface area contributed by atoms with Gasteiger partial charge in [-0.3, -0.25) is 4.90 Å². The van der Waals surface area contributed by atoms with E-state index in [1.807, 2.05) is 11.3 Å². The van der Waals surface area contributed by atoms with Crippen molar-refractivity contribution in [2.75, 3.05) is 7.05 Å². The summed E-state index contributed by atoms with van der Waals surface area (Å²) in [6.07, 6.45) is 2.72. The molecule has 1 fully saturated rings. The van der Waals surface area contributed by atoms with E-state index in [1.54, 1.807) is 11.3 Å². The van der Waals surface area contributed by atoms with Gasteiger partial charge in [0, 0.05) is 35.4 Å². The van der Waals surface area contributed by atoms with Crippen molar-refractivity contribution in [1.82, 2.24) is 10.2 Å². The van der Waals surface area contributed by atoms with Crippen LogP contribution in [0.25, 0.3) is 0 Å². The molecule has 108 valence electrons. The van der Waals surface area contributed by atoms with E-state index in [4.69, 9.17) is 0 Å². The molecule has 0 unspecified atom stereocenters. The highest BCUT2D eigenvalue weighted by Crippen LogP contribution is 2.25. The van der Waals surface area contributed by atoms with Crippen molar-refractivity contribution < 1.29 is 0 Å². The summed E-state index contributed by atoms with van der Waals surface area (Å²) in [6.45, 7) is 5.37. The molecule has 0 radical (unpaired) electrons. The monoisotopic (exact) mass is 306 g/mol. The number of nitrogens with one attached hydrogen (secondary N) is 1. The zero-order chi connectivity index (χ0) is 13.9. The highest BCUT2D eigenvalue weighted by molar-refractivity contribution is 7.12. The van der Waals surface area contributed by atoms with E-state index in [2.05, 4.69) is 47.1 Å². The Balaban J connectivity index is 1.55. The van der Waals surface area contributed by atoms with E-state index in [1.165, 1.54) is 33.7 Å². The summed E-state index contributed by atoms with van der Waals surface area (Å²) in [5.74, 6) is 0. The van der Waals surface area contributed by atoms with Crippen molar-refractivity contribution in [2.24, 2.45) is 0 Å². The van der Waals surface area contributed by atoms with Gasteiger partial charge in [-0.2, -0.15) is 11.3 Å². The second-order valence-corrected chi connectivity index (χ2v) is 7.87. The third-order valence-electron chi connectivity index (χ3n) is 3.69. The Bertz CT molecular complexity index is 541. The van der Waals surface area contributed by atoms with Crippen LogP contribution in [0, 0.1) is 6.92 Å². The lowest BCUT2D eigenvalue weighted by molar-refractivity contribution is 0.319. The molecule has 2 nitrogen and oxygen atoms in total. The zero-order valence-corrected chi connectivity index (χ0v) is 13.8. The molecule has 0 aliphatic heterocycles. The topological polar surface area (TPSA) is 15.3 Å². The molecule has 0 spiro atoms. The summed E-state index contributed by atoms with van der Waals surface area (Å²) < 4.78 is 0. The molecule has 1 N–H and O–H groups in total. The van der Waals surface area contributed by atoms with Gasteiger partial charge in [0.05, 0.1) is 0 Å². The summed E-state index contributed by atoms with van der Waals surface area (Å²) in [4.78, 5) is 5.35. The SMILES string of the molecule is Cc1sc(CNC2CC2)cc1CN(C)Cc1ccsc1. The maximum Gasteiger partial charge on any atom is 0.0302 e. The maximum atomic E-state index is 3.60. The van der Waals surface area contributed by atoms with Crippen LogP contribution in [0.5, 0.6) is 0 Å². The van der Waals surface area contributed by atoms with E-state index in [-0.39, 0.29) is 0 Å². The van der Waals surface area contributed by atoms with E-state index in [0.717, 1.165) is 25.7 Å². The minimum Gasteiger partial charge on any atom is -0.309 e. The zero-order valence-electron chi connectivity index (χ0n) is 12.2. The van der Waals surface area contributed by atoms with E-state index < -0.39 is 0 Å². The fourth-order valence-corrected chi connectivity index (χ4v) is 4.07. The van der Waals surface area contributed by atoms with Crippen LogP contribution in [-0.2, 0) is 19.6 Å². The summed E-state index contributed by atoms with van der Waals surface area (Å²) in [5.41, 5.74) is 2.90. The van der Waals surface area contributed by atoms with Crippen molar-refractivity contribution >= 4 is 22.7 Å². The van der Waals surface area contributed by atoms with Crippen LogP contribution in [0.1, 0.15) is 33.7 Å². The third kappa shape index (κ3) is 3.92. The quantitative estimate of drug-likeness (QED) is 0.831. The molecule has 2 aromatic heterocycles. The van der Waals surface area contributed by atoms with Crippen molar-refractivity contribution in [2.45, 2.75) is 45.4 Å². The van der Waals surface area contributed by atoms with Crippen molar-refractivity contribution in [3.05, 3.63) is 43.8 Å². The molecule has 2 aromatic rings. The molecule has 20 heavy (non-hydrogen) atoms. The molecule has 0 bridgehead atoms. The Morgan fingerprint density at radius 2 is 2.20 bits per heavy atom. The molecule has 1 aliphatic carbocycles. The molecule has 0 aromatic carbocycles. The van der Waals surface area contributed by atoms with Crippen LogP contribution >= 0.6 is 22.7 Å². The van der Waals surface area contributed by atoms with Crippen molar-refractivity contribution in [1.29, 1.82) is 0 Å². The fraction of sp³-hybridized carbons (Fsp3) is 0.500. The molecule has 0 atom stereocenters. The van der Waals surface area contributed by atoms with Crippen LogP contribution < -0.4 is 5.32 Å². The Labute approximate surface area is 129 Å².